The average molecular weight is 367 g/mol. The van der Waals surface area contributed by atoms with Crippen molar-refractivity contribution in [2.45, 2.75) is 45.4 Å². The van der Waals surface area contributed by atoms with E-state index in [4.69, 9.17) is 4.74 Å². The van der Waals surface area contributed by atoms with Gasteiger partial charge in [0.2, 0.25) is 0 Å². The van der Waals surface area contributed by atoms with E-state index in [2.05, 4.69) is 53.6 Å². The van der Waals surface area contributed by atoms with E-state index in [0.29, 0.717) is 13.2 Å². The van der Waals surface area contributed by atoms with E-state index >= 15 is 0 Å². The lowest BCUT2D eigenvalue weighted by atomic mass is 9.97. The Bertz CT molecular complexity index is 643. The largest absolute Gasteiger partial charge is 0.450 e. The summed E-state index contributed by atoms with van der Waals surface area (Å²) in [5.74, 6) is 0. The van der Waals surface area contributed by atoms with E-state index in [1.807, 2.05) is 18.3 Å². The van der Waals surface area contributed by atoms with Gasteiger partial charge < -0.3 is 10.1 Å². The number of aromatic nitrogens is 1. The van der Waals surface area contributed by atoms with Crippen LogP contribution in [0.25, 0.3) is 5.57 Å². The summed E-state index contributed by atoms with van der Waals surface area (Å²) in [6.45, 7) is 3.27. The number of rotatable bonds is 11. The second-order valence-electron chi connectivity index (χ2n) is 6.49. The third-order valence-corrected chi connectivity index (χ3v) is 4.29. The van der Waals surface area contributed by atoms with Gasteiger partial charge in [-0.05, 0) is 49.3 Å². The third-order valence-electron chi connectivity index (χ3n) is 4.29. The summed E-state index contributed by atoms with van der Waals surface area (Å²) in [7, 11) is 0. The van der Waals surface area contributed by atoms with Crippen LogP contribution >= 0.6 is 0 Å². The highest BCUT2D eigenvalue weighted by Gasteiger charge is 2.04. The molecule has 1 N–H and O–H groups in total. The van der Waals surface area contributed by atoms with Gasteiger partial charge in [0.25, 0.3) is 0 Å². The van der Waals surface area contributed by atoms with Crippen molar-refractivity contribution in [3.8, 4) is 0 Å². The van der Waals surface area contributed by atoms with Crippen molar-refractivity contribution >= 4 is 11.7 Å². The first-order chi connectivity index (χ1) is 13.3. The molecular formula is C23H30N2O2. The number of ether oxygens (including phenoxy) is 1. The van der Waals surface area contributed by atoms with Crippen molar-refractivity contribution < 1.29 is 9.53 Å². The van der Waals surface area contributed by atoms with Crippen molar-refractivity contribution in [3.63, 3.8) is 0 Å². The van der Waals surface area contributed by atoms with Gasteiger partial charge in [-0.1, -0.05) is 55.8 Å². The first kappa shape index (κ1) is 20.7. The van der Waals surface area contributed by atoms with Crippen molar-refractivity contribution in [2.75, 3.05) is 13.2 Å². The lowest BCUT2D eigenvalue weighted by Gasteiger charge is -2.09. The molecule has 1 amide bonds. The molecule has 0 aliphatic carbocycles. The molecule has 1 aromatic heterocycles. The molecule has 0 atom stereocenters. The highest BCUT2D eigenvalue weighted by atomic mass is 16.5. The Morgan fingerprint density at radius 2 is 1.85 bits per heavy atom. The number of nitrogens with one attached hydrogen (secondary N) is 1. The topological polar surface area (TPSA) is 51.2 Å². The van der Waals surface area contributed by atoms with Crippen molar-refractivity contribution in [2.24, 2.45) is 0 Å². The maximum absolute atomic E-state index is 11.5. The summed E-state index contributed by atoms with van der Waals surface area (Å²) in [5, 5.41) is 2.76. The standard InChI is InChI=1S/C23H30N2O2/c1-2-3-17-25-23(26)27-18-10-5-4-9-15-22(20-12-7-6-8-13-20)21-14-11-16-24-19-21/h6-8,11-16,19H,2-5,9-10,17-18H2,1H3,(H,25,26)/b22-15+. The summed E-state index contributed by atoms with van der Waals surface area (Å²) in [4.78, 5) is 15.7. The van der Waals surface area contributed by atoms with Crippen LogP contribution in [0.1, 0.15) is 56.6 Å². The molecule has 1 heterocycles. The van der Waals surface area contributed by atoms with Gasteiger partial charge in [0.05, 0.1) is 6.61 Å². The van der Waals surface area contributed by atoms with E-state index in [9.17, 15) is 4.79 Å². The van der Waals surface area contributed by atoms with E-state index < -0.39 is 0 Å². The lowest BCUT2D eigenvalue weighted by Crippen LogP contribution is -2.25. The Hall–Kier alpha value is -2.62. The summed E-state index contributed by atoms with van der Waals surface area (Å²) in [6, 6.07) is 14.5. The van der Waals surface area contributed by atoms with Crippen LogP contribution in [0, 0.1) is 0 Å². The second kappa shape index (κ2) is 12.7. The smallest absolute Gasteiger partial charge is 0.407 e. The van der Waals surface area contributed by atoms with Crippen molar-refractivity contribution in [1.82, 2.24) is 10.3 Å². The van der Waals surface area contributed by atoms with Gasteiger partial charge in [-0.2, -0.15) is 0 Å². The van der Waals surface area contributed by atoms with Gasteiger partial charge in [0, 0.05) is 24.5 Å². The summed E-state index contributed by atoms with van der Waals surface area (Å²) < 4.78 is 5.18. The normalized spacial score (nSPS) is 11.2. The molecule has 0 saturated heterocycles. The van der Waals surface area contributed by atoms with Crippen LogP contribution in [0.4, 0.5) is 4.79 Å². The zero-order chi connectivity index (χ0) is 19.2. The molecule has 0 fully saturated rings. The molecule has 0 saturated carbocycles. The summed E-state index contributed by atoms with van der Waals surface area (Å²) in [5.41, 5.74) is 3.56. The van der Waals surface area contributed by atoms with Gasteiger partial charge >= 0.3 is 6.09 Å². The number of benzene rings is 1. The minimum atomic E-state index is -0.300. The fraction of sp³-hybridized carbons (Fsp3) is 0.391. The molecule has 1 aromatic carbocycles. The Kier molecular flexibility index (Phi) is 9.72. The van der Waals surface area contributed by atoms with Gasteiger partial charge in [0.1, 0.15) is 0 Å². The lowest BCUT2D eigenvalue weighted by molar-refractivity contribution is 0.144. The molecule has 0 spiro atoms. The molecule has 4 nitrogen and oxygen atoms in total. The number of hydrogen-bond acceptors (Lipinski definition) is 3. The zero-order valence-electron chi connectivity index (χ0n) is 16.2. The maximum Gasteiger partial charge on any atom is 0.407 e. The Morgan fingerprint density at radius 1 is 1.04 bits per heavy atom. The summed E-state index contributed by atoms with van der Waals surface area (Å²) in [6.07, 6.45) is 11.7. The first-order valence-electron chi connectivity index (χ1n) is 9.88. The number of carbonyl (C=O) groups is 1. The van der Waals surface area contributed by atoms with Gasteiger partial charge in [0.15, 0.2) is 0 Å². The van der Waals surface area contributed by atoms with E-state index in [0.717, 1.165) is 44.1 Å². The van der Waals surface area contributed by atoms with Gasteiger partial charge in [-0.3, -0.25) is 4.98 Å². The number of alkyl carbamates (subject to hydrolysis) is 1. The number of hydrogen-bond donors (Lipinski definition) is 1. The minimum Gasteiger partial charge on any atom is -0.450 e. The minimum absolute atomic E-state index is 0.300. The molecule has 0 unspecified atom stereocenters. The van der Waals surface area contributed by atoms with Crippen LogP contribution in [-0.4, -0.2) is 24.2 Å². The molecule has 144 valence electrons. The fourth-order valence-electron chi connectivity index (χ4n) is 2.79. The SMILES string of the molecule is CCCCNC(=O)OCCCCC/C=C(\c1ccccc1)c1cccnc1. The Balaban J connectivity index is 1.75. The molecule has 0 aliphatic rings. The van der Waals surface area contributed by atoms with E-state index in [-0.39, 0.29) is 6.09 Å². The molecule has 0 radical (unpaired) electrons. The van der Waals surface area contributed by atoms with Crippen LogP contribution in [0.5, 0.6) is 0 Å². The van der Waals surface area contributed by atoms with Crippen LogP contribution in [-0.2, 0) is 4.74 Å². The molecule has 2 rings (SSSR count). The molecule has 27 heavy (non-hydrogen) atoms. The zero-order valence-corrected chi connectivity index (χ0v) is 16.2. The quantitative estimate of drug-likeness (QED) is 0.527. The van der Waals surface area contributed by atoms with E-state index in [1.165, 1.54) is 11.1 Å². The summed E-state index contributed by atoms with van der Waals surface area (Å²) >= 11 is 0. The van der Waals surface area contributed by atoms with Crippen molar-refractivity contribution in [3.05, 3.63) is 72.1 Å². The van der Waals surface area contributed by atoms with E-state index in [1.54, 1.807) is 6.20 Å². The molecule has 0 aliphatic heterocycles. The Morgan fingerprint density at radius 3 is 2.59 bits per heavy atom. The number of nitrogens with zero attached hydrogens (tertiary/aromatic N) is 1. The van der Waals surface area contributed by atoms with Crippen molar-refractivity contribution in [1.29, 1.82) is 0 Å². The van der Waals surface area contributed by atoms with Crippen LogP contribution in [0.2, 0.25) is 0 Å². The van der Waals surface area contributed by atoms with Gasteiger partial charge in [-0.25, -0.2) is 4.79 Å². The van der Waals surface area contributed by atoms with Crippen LogP contribution in [0.3, 0.4) is 0 Å². The number of amides is 1. The van der Waals surface area contributed by atoms with Gasteiger partial charge in [-0.15, -0.1) is 0 Å². The number of unbranched alkanes of at least 4 members (excludes halogenated alkanes) is 4. The second-order valence-corrected chi connectivity index (χ2v) is 6.49. The molecule has 0 bridgehead atoms. The number of allylic oxidation sites excluding steroid dienone is 1. The Labute approximate surface area is 162 Å². The maximum atomic E-state index is 11.5. The monoisotopic (exact) mass is 366 g/mol. The third kappa shape index (κ3) is 8.07. The highest BCUT2D eigenvalue weighted by molar-refractivity contribution is 5.79. The molecular weight excluding hydrogens is 336 g/mol. The number of carbonyl (C=O) groups excluding carboxylic acids is 1. The fourth-order valence-corrected chi connectivity index (χ4v) is 2.79. The van der Waals surface area contributed by atoms with Crippen LogP contribution < -0.4 is 5.32 Å². The predicted octanol–water partition coefficient (Wildman–Crippen LogP) is 5.60. The predicted molar refractivity (Wildman–Crippen MR) is 110 cm³/mol. The molecule has 4 heteroatoms. The average Bonchev–Trinajstić information content (AvgIpc) is 2.71. The highest BCUT2D eigenvalue weighted by Crippen LogP contribution is 2.23. The molecule has 2 aromatic rings. The first-order valence-corrected chi connectivity index (χ1v) is 9.88. The van der Waals surface area contributed by atoms with Crippen LogP contribution in [0.15, 0.2) is 60.9 Å². The number of pyridine rings is 1.